The summed E-state index contributed by atoms with van der Waals surface area (Å²) in [6, 6.07) is 14.1. The maximum absolute atomic E-state index is 9.79. The number of pyridine rings is 1. The van der Waals surface area contributed by atoms with E-state index >= 15 is 0 Å². The first-order chi connectivity index (χ1) is 13.3. The fraction of sp³-hybridized carbons (Fsp3) is 0.250. The number of benzene rings is 1. The summed E-state index contributed by atoms with van der Waals surface area (Å²) < 4.78 is 10.5. The number of hydrogen-bond donors (Lipinski definition) is 0. The number of oxazole rings is 1. The SMILES string of the molecule is COCCCSCSc1nc(-c2cnco2)cc(-c2ccccc2)c1C#N. The molecule has 2 heterocycles. The molecule has 0 saturated heterocycles. The largest absolute Gasteiger partial charge is 0.442 e. The van der Waals surface area contributed by atoms with E-state index in [1.807, 2.05) is 48.2 Å². The molecule has 27 heavy (non-hydrogen) atoms. The third kappa shape index (κ3) is 5.13. The van der Waals surface area contributed by atoms with Gasteiger partial charge in [-0.1, -0.05) is 42.1 Å². The Kier molecular flexibility index (Phi) is 7.34. The van der Waals surface area contributed by atoms with Crippen LogP contribution in [0.25, 0.3) is 22.6 Å². The molecule has 0 aliphatic heterocycles. The molecule has 138 valence electrons. The molecule has 0 fully saturated rings. The van der Waals surface area contributed by atoms with Crippen LogP contribution >= 0.6 is 23.5 Å². The lowest BCUT2D eigenvalue weighted by atomic mass is 10.0. The maximum Gasteiger partial charge on any atom is 0.181 e. The number of nitrogens with zero attached hydrogens (tertiary/aromatic N) is 3. The summed E-state index contributed by atoms with van der Waals surface area (Å²) in [5, 5.41) is 11.3. The van der Waals surface area contributed by atoms with Crippen molar-refractivity contribution in [3.8, 4) is 28.7 Å². The first kappa shape index (κ1) is 19.5. The summed E-state index contributed by atoms with van der Waals surface area (Å²) in [6.45, 7) is 0.762. The molecule has 7 heteroatoms. The predicted octanol–water partition coefficient (Wildman–Crippen LogP) is 5.09. The van der Waals surface area contributed by atoms with Crippen molar-refractivity contribution in [1.29, 1.82) is 5.26 Å². The Balaban J connectivity index is 1.91. The van der Waals surface area contributed by atoms with E-state index in [-0.39, 0.29) is 0 Å². The summed E-state index contributed by atoms with van der Waals surface area (Å²) in [6.07, 6.45) is 4.03. The second-order valence-electron chi connectivity index (χ2n) is 5.60. The van der Waals surface area contributed by atoms with Crippen molar-refractivity contribution in [3.05, 3.63) is 54.6 Å². The van der Waals surface area contributed by atoms with Crippen molar-refractivity contribution in [3.63, 3.8) is 0 Å². The van der Waals surface area contributed by atoms with Crippen molar-refractivity contribution >= 4 is 23.5 Å². The van der Waals surface area contributed by atoms with E-state index in [0.717, 1.165) is 35.0 Å². The van der Waals surface area contributed by atoms with Gasteiger partial charge >= 0.3 is 0 Å². The highest BCUT2D eigenvalue weighted by molar-refractivity contribution is 8.15. The lowest BCUT2D eigenvalue weighted by molar-refractivity contribution is 0.200. The van der Waals surface area contributed by atoms with Gasteiger partial charge in [0.1, 0.15) is 16.8 Å². The van der Waals surface area contributed by atoms with Gasteiger partial charge < -0.3 is 9.15 Å². The zero-order valence-electron chi connectivity index (χ0n) is 14.9. The zero-order valence-corrected chi connectivity index (χ0v) is 16.6. The van der Waals surface area contributed by atoms with E-state index in [1.54, 1.807) is 25.1 Å². The van der Waals surface area contributed by atoms with Gasteiger partial charge in [0.25, 0.3) is 0 Å². The van der Waals surface area contributed by atoms with Gasteiger partial charge in [0, 0.05) is 24.4 Å². The second-order valence-corrected chi connectivity index (χ2v) is 8.03. The second kappa shape index (κ2) is 10.2. The number of aromatic nitrogens is 2. The van der Waals surface area contributed by atoms with E-state index in [4.69, 9.17) is 9.15 Å². The molecule has 0 saturated carbocycles. The summed E-state index contributed by atoms with van der Waals surface area (Å²) in [5.74, 6) is 1.60. The topological polar surface area (TPSA) is 71.9 Å². The lowest BCUT2D eigenvalue weighted by Gasteiger charge is -2.11. The molecule has 1 aromatic carbocycles. The van der Waals surface area contributed by atoms with Crippen LogP contribution in [0.15, 0.2) is 58.4 Å². The predicted molar refractivity (Wildman–Crippen MR) is 110 cm³/mol. The number of nitriles is 1. The van der Waals surface area contributed by atoms with Gasteiger partial charge in [-0.3, -0.25) is 0 Å². The molecule has 0 aliphatic carbocycles. The van der Waals surface area contributed by atoms with Crippen molar-refractivity contribution in [2.45, 2.75) is 11.4 Å². The van der Waals surface area contributed by atoms with Gasteiger partial charge in [0.15, 0.2) is 12.2 Å². The highest BCUT2D eigenvalue weighted by Gasteiger charge is 2.17. The monoisotopic (exact) mass is 397 g/mol. The molecule has 3 aromatic rings. The van der Waals surface area contributed by atoms with Crippen molar-refractivity contribution < 1.29 is 9.15 Å². The van der Waals surface area contributed by atoms with E-state index in [9.17, 15) is 5.26 Å². The summed E-state index contributed by atoms with van der Waals surface area (Å²) in [4.78, 5) is 8.66. The first-order valence-corrected chi connectivity index (χ1v) is 10.6. The highest BCUT2D eigenvalue weighted by atomic mass is 32.2. The summed E-state index contributed by atoms with van der Waals surface area (Å²) in [5.41, 5.74) is 3.10. The van der Waals surface area contributed by atoms with Crippen LogP contribution < -0.4 is 0 Å². The van der Waals surface area contributed by atoms with Crippen LogP contribution in [0.2, 0.25) is 0 Å². The standard InChI is InChI=1S/C20H19N3O2S2/c1-24-8-5-9-26-14-27-20-17(11-21)16(15-6-3-2-4-7-15)10-18(23-20)19-12-22-13-25-19/h2-4,6-7,10,12-13H,5,8-9,14H2,1H3. The summed E-state index contributed by atoms with van der Waals surface area (Å²) in [7, 11) is 1.71. The molecule has 0 bridgehead atoms. The van der Waals surface area contributed by atoms with Gasteiger partial charge in [0.05, 0.1) is 11.8 Å². The minimum atomic E-state index is 0.589. The third-order valence-electron chi connectivity index (χ3n) is 3.78. The van der Waals surface area contributed by atoms with Crippen LogP contribution in [0, 0.1) is 11.3 Å². The first-order valence-electron chi connectivity index (χ1n) is 8.42. The quantitative estimate of drug-likeness (QED) is 0.283. The number of ether oxygens (including phenoxy) is 1. The van der Waals surface area contributed by atoms with E-state index < -0.39 is 0 Å². The minimum Gasteiger partial charge on any atom is -0.442 e. The zero-order chi connectivity index (χ0) is 18.9. The molecular formula is C20H19N3O2S2. The number of thioether (sulfide) groups is 2. The van der Waals surface area contributed by atoms with Gasteiger partial charge in [-0.25, -0.2) is 9.97 Å². The van der Waals surface area contributed by atoms with Gasteiger partial charge in [-0.2, -0.15) is 17.0 Å². The fourth-order valence-corrected chi connectivity index (χ4v) is 4.55. The van der Waals surface area contributed by atoms with Crippen molar-refractivity contribution in [2.75, 3.05) is 24.6 Å². The van der Waals surface area contributed by atoms with E-state index in [1.165, 1.54) is 6.39 Å². The van der Waals surface area contributed by atoms with Gasteiger partial charge in [-0.05, 0) is 23.8 Å². The molecular weight excluding hydrogens is 378 g/mol. The lowest BCUT2D eigenvalue weighted by Crippen LogP contribution is -1.96. The van der Waals surface area contributed by atoms with Gasteiger partial charge in [0.2, 0.25) is 0 Å². The minimum absolute atomic E-state index is 0.589. The number of hydrogen-bond acceptors (Lipinski definition) is 7. The van der Waals surface area contributed by atoms with Crippen LogP contribution in [0.1, 0.15) is 12.0 Å². The normalized spacial score (nSPS) is 10.7. The highest BCUT2D eigenvalue weighted by Crippen LogP contribution is 2.35. The Morgan fingerprint density at radius 2 is 2.11 bits per heavy atom. The molecule has 0 spiro atoms. The van der Waals surface area contributed by atoms with Crippen LogP contribution in [0.4, 0.5) is 0 Å². The van der Waals surface area contributed by atoms with Crippen LogP contribution in [-0.2, 0) is 4.74 Å². The molecule has 0 amide bonds. The molecule has 0 aliphatic rings. The molecule has 2 aromatic heterocycles. The van der Waals surface area contributed by atoms with Crippen molar-refractivity contribution in [2.24, 2.45) is 0 Å². The Labute approximate surface area is 167 Å². The Morgan fingerprint density at radius 1 is 1.26 bits per heavy atom. The molecule has 0 N–H and O–H groups in total. The number of methoxy groups -OCH3 is 1. The number of rotatable bonds is 9. The molecule has 0 unspecified atom stereocenters. The Bertz CT molecular complexity index is 894. The average molecular weight is 398 g/mol. The Hall–Kier alpha value is -2.27. The third-order valence-corrected chi connectivity index (χ3v) is 6.07. The Morgan fingerprint density at radius 3 is 2.81 bits per heavy atom. The van der Waals surface area contributed by atoms with E-state index in [2.05, 4.69) is 16.0 Å². The van der Waals surface area contributed by atoms with Crippen LogP contribution in [0.3, 0.4) is 0 Å². The maximum atomic E-state index is 9.79. The van der Waals surface area contributed by atoms with Crippen molar-refractivity contribution in [1.82, 2.24) is 9.97 Å². The smallest absolute Gasteiger partial charge is 0.181 e. The van der Waals surface area contributed by atoms with E-state index in [0.29, 0.717) is 22.0 Å². The molecule has 0 atom stereocenters. The molecule has 0 radical (unpaired) electrons. The fourth-order valence-electron chi connectivity index (χ4n) is 2.51. The summed E-state index contributed by atoms with van der Waals surface area (Å²) >= 11 is 3.39. The molecule has 3 rings (SSSR count). The van der Waals surface area contributed by atoms with Gasteiger partial charge in [-0.15, -0.1) is 0 Å². The molecule has 5 nitrogen and oxygen atoms in total. The average Bonchev–Trinajstić information content (AvgIpc) is 3.25. The van der Waals surface area contributed by atoms with Crippen LogP contribution in [0.5, 0.6) is 0 Å². The van der Waals surface area contributed by atoms with Crippen LogP contribution in [-0.4, -0.2) is 34.5 Å².